The maximum absolute atomic E-state index is 10.7. The minimum absolute atomic E-state index is 0.583. The second-order valence-corrected chi connectivity index (χ2v) is 7.51. The Morgan fingerprint density at radius 2 is 1.77 bits per heavy atom. The minimum atomic E-state index is 0.583. The zero-order chi connectivity index (χ0) is 20.9. The van der Waals surface area contributed by atoms with Gasteiger partial charge in [-0.15, -0.1) is 0 Å². The number of nitrogens with zero attached hydrogens (tertiary/aromatic N) is 3. The van der Waals surface area contributed by atoms with Crippen LogP contribution in [0.5, 0.6) is 5.75 Å². The van der Waals surface area contributed by atoms with Crippen molar-refractivity contribution in [2.75, 3.05) is 27.2 Å². The van der Waals surface area contributed by atoms with Crippen molar-refractivity contribution in [1.29, 1.82) is 0 Å². The largest absolute Gasteiger partial charge is 0.497 e. The minimum Gasteiger partial charge on any atom is -0.497 e. The molecule has 4 aromatic rings. The monoisotopic (exact) mass is 399 g/mol. The molecule has 2 aromatic heterocycles. The second-order valence-electron chi connectivity index (χ2n) is 7.51. The first-order valence-corrected chi connectivity index (χ1v) is 9.98. The van der Waals surface area contributed by atoms with E-state index >= 15 is 0 Å². The first-order chi connectivity index (χ1) is 14.7. The quantitative estimate of drug-likeness (QED) is 0.472. The molecule has 0 bridgehead atoms. The summed E-state index contributed by atoms with van der Waals surface area (Å²) in [6, 6.07) is 22.3. The number of aromatic nitrogens is 2. The normalized spacial score (nSPS) is 13.9. The van der Waals surface area contributed by atoms with E-state index in [1.54, 1.807) is 13.3 Å². The van der Waals surface area contributed by atoms with Crippen LogP contribution >= 0.6 is 0 Å². The number of likely N-dealkylation sites (N-methyl/N-ethyl adjacent to an activating group) is 1. The molecule has 0 radical (unpaired) electrons. The fraction of sp³-hybridized carbons (Fsp3) is 0.200. The number of carbonyl (C=O) groups is 1. The average Bonchev–Trinajstić information content (AvgIpc) is 3.21. The van der Waals surface area contributed by atoms with E-state index in [1.807, 2.05) is 47.2 Å². The standard InChI is InChI=1S/C15H12N2O2.C10H13N/c1-19-14-4-2-13(3-5-14)17-7-6-12-8-11(10-18)9-16-15(12)17;1-11-7-10(8-11)9-5-3-2-4-6-9/h2-10H,1H3;2-6,10H,7-8H2,1H3. The summed E-state index contributed by atoms with van der Waals surface area (Å²) in [6.45, 7) is 2.45. The van der Waals surface area contributed by atoms with Crippen molar-refractivity contribution in [1.82, 2.24) is 14.5 Å². The van der Waals surface area contributed by atoms with Gasteiger partial charge in [0.15, 0.2) is 6.29 Å². The lowest BCUT2D eigenvalue weighted by Crippen LogP contribution is -2.41. The molecule has 1 aliphatic rings. The highest BCUT2D eigenvalue weighted by atomic mass is 16.5. The molecule has 0 N–H and O–H groups in total. The van der Waals surface area contributed by atoms with E-state index in [2.05, 4.69) is 47.3 Å². The third kappa shape index (κ3) is 4.26. The molecule has 1 fully saturated rings. The maximum Gasteiger partial charge on any atom is 0.151 e. The fourth-order valence-electron chi connectivity index (χ4n) is 3.69. The zero-order valence-corrected chi connectivity index (χ0v) is 17.2. The molecule has 0 unspecified atom stereocenters. The first kappa shape index (κ1) is 19.9. The summed E-state index contributed by atoms with van der Waals surface area (Å²) in [6.07, 6.45) is 4.32. The number of carbonyl (C=O) groups excluding carboxylic acids is 1. The Kier molecular flexibility index (Phi) is 5.91. The molecule has 5 rings (SSSR count). The summed E-state index contributed by atoms with van der Waals surface area (Å²) >= 11 is 0. The number of benzene rings is 2. The van der Waals surface area contributed by atoms with E-state index in [4.69, 9.17) is 4.74 Å². The smallest absolute Gasteiger partial charge is 0.151 e. The van der Waals surface area contributed by atoms with Crippen molar-refractivity contribution >= 4 is 17.3 Å². The molecule has 30 heavy (non-hydrogen) atoms. The average molecular weight is 399 g/mol. The van der Waals surface area contributed by atoms with Gasteiger partial charge in [-0.25, -0.2) is 4.98 Å². The number of fused-ring (bicyclic) bond motifs is 1. The molecule has 0 spiro atoms. The lowest BCUT2D eigenvalue weighted by molar-refractivity contribution is 0.112. The van der Waals surface area contributed by atoms with Gasteiger partial charge in [0.25, 0.3) is 0 Å². The Morgan fingerprint density at radius 3 is 2.40 bits per heavy atom. The topological polar surface area (TPSA) is 47.4 Å². The van der Waals surface area contributed by atoms with Crippen LogP contribution in [-0.2, 0) is 0 Å². The van der Waals surface area contributed by atoms with Gasteiger partial charge in [-0.1, -0.05) is 30.3 Å². The molecule has 0 atom stereocenters. The number of pyridine rings is 1. The van der Waals surface area contributed by atoms with Crippen molar-refractivity contribution < 1.29 is 9.53 Å². The summed E-state index contributed by atoms with van der Waals surface area (Å²) in [7, 11) is 3.81. The Bertz CT molecular complexity index is 1110. The van der Waals surface area contributed by atoms with Crippen molar-refractivity contribution in [2.45, 2.75) is 5.92 Å². The predicted molar refractivity (Wildman–Crippen MR) is 120 cm³/mol. The van der Waals surface area contributed by atoms with E-state index in [1.165, 1.54) is 18.7 Å². The van der Waals surface area contributed by atoms with Gasteiger partial charge in [0.2, 0.25) is 0 Å². The van der Waals surface area contributed by atoms with E-state index in [0.29, 0.717) is 5.56 Å². The molecule has 1 aliphatic heterocycles. The molecule has 5 nitrogen and oxygen atoms in total. The summed E-state index contributed by atoms with van der Waals surface area (Å²) < 4.78 is 7.12. The Labute approximate surface area is 176 Å². The lowest BCUT2D eigenvalue weighted by atomic mass is 9.92. The van der Waals surface area contributed by atoms with Gasteiger partial charge in [0, 0.05) is 48.0 Å². The molecule has 0 saturated carbocycles. The van der Waals surface area contributed by atoms with Crippen LogP contribution in [-0.4, -0.2) is 48.0 Å². The van der Waals surface area contributed by atoms with E-state index in [9.17, 15) is 4.79 Å². The molecule has 0 amide bonds. The number of hydrogen-bond acceptors (Lipinski definition) is 4. The number of hydrogen-bond donors (Lipinski definition) is 0. The Morgan fingerprint density at radius 1 is 1.03 bits per heavy atom. The number of likely N-dealkylation sites (tertiary alicyclic amines) is 1. The van der Waals surface area contributed by atoms with Gasteiger partial charge >= 0.3 is 0 Å². The first-order valence-electron chi connectivity index (χ1n) is 9.98. The van der Waals surface area contributed by atoms with Crippen molar-refractivity contribution in [3.05, 3.63) is 90.3 Å². The SMILES string of the molecule is CN1CC(c2ccccc2)C1.COc1ccc(-n2ccc3cc(C=O)cnc32)cc1. The molecule has 3 heterocycles. The van der Waals surface area contributed by atoms with E-state index in [0.717, 1.165) is 34.7 Å². The van der Waals surface area contributed by atoms with E-state index in [-0.39, 0.29) is 0 Å². The zero-order valence-electron chi connectivity index (χ0n) is 17.2. The number of ether oxygens (including phenoxy) is 1. The Balaban J connectivity index is 0.000000168. The second kappa shape index (κ2) is 8.93. The van der Waals surface area contributed by atoms with Crippen molar-refractivity contribution in [3.63, 3.8) is 0 Å². The van der Waals surface area contributed by atoms with Crippen LogP contribution < -0.4 is 4.74 Å². The van der Waals surface area contributed by atoms with Crippen molar-refractivity contribution in [2.24, 2.45) is 0 Å². The van der Waals surface area contributed by atoms with Crippen LogP contribution in [0.1, 0.15) is 21.8 Å². The molecule has 5 heteroatoms. The summed E-state index contributed by atoms with van der Waals surface area (Å²) in [5.41, 5.74) is 3.91. The van der Waals surface area contributed by atoms with E-state index < -0.39 is 0 Å². The molecule has 2 aromatic carbocycles. The van der Waals surface area contributed by atoms with Gasteiger partial charge in [0.1, 0.15) is 11.4 Å². The third-order valence-corrected chi connectivity index (χ3v) is 5.37. The molecular formula is C25H25N3O2. The third-order valence-electron chi connectivity index (χ3n) is 5.37. The van der Waals surface area contributed by atoms with Crippen LogP contribution in [0.2, 0.25) is 0 Å². The predicted octanol–water partition coefficient (Wildman–Crippen LogP) is 4.56. The van der Waals surface area contributed by atoms with Gasteiger partial charge < -0.3 is 14.2 Å². The molecular weight excluding hydrogens is 374 g/mol. The number of rotatable bonds is 4. The van der Waals surface area contributed by atoms with Gasteiger partial charge in [-0.2, -0.15) is 0 Å². The van der Waals surface area contributed by atoms with Crippen LogP contribution in [0.4, 0.5) is 0 Å². The van der Waals surface area contributed by atoms with Crippen LogP contribution in [0.15, 0.2) is 79.1 Å². The van der Waals surface area contributed by atoms with Gasteiger partial charge in [-0.3, -0.25) is 4.79 Å². The van der Waals surface area contributed by atoms with Gasteiger partial charge in [0.05, 0.1) is 7.11 Å². The van der Waals surface area contributed by atoms with Gasteiger partial charge in [-0.05, 0) is 49.0 Å². The fourth-order valence-corrected chi connectivity index (χ4v) is 3.69. The highest BCUT2D eigenvalue weighted by molar-refractivity contribution is 5.85. The number of aldehydes is 1. The summed E-state index contributed by atoms with van der Waals surface area (Å²) in [4.78, 5) is 17.4. The highest BCUT2D eigenvalue weighted by Crippen LogP contribution is 2.24. The lowest BCUT2D eigenvalue weighted by Gasteiger charge is -2.36. The number of methoxy groups -OCH3 is 1. The van der Waals surface area contributed by atoms with Crippen LogP contribution in [0, 0.1) is 0 Å². The van der Waals surface area contributed by atoms with Crippen LogP contribution in [0.3, 0.4) is 0 Å². The van der Waals surface area contributed by atoms with Crippen LogP contribution in [0.25, 0.3) is 16.7 Å². The highest BCUT2D eigenvalue weighted by Gasteiger charge is 2.23. The molecule has 152 valence electrons. The summed E-state index contributed by atoms with van der Waals surface area (Å²) in [5.74, 6) is 1.61. The maximum atomic E-state index is 10.7. The molecule has 1 saturated heterocycles. The molecule has 0 aliphatic carbocycles. The van der Waals surface area contributed by atoms with Crippen molar-refractivity contribution in [3.8, 4) is 11.4 Å². The Hall–Kier alpha value is -3.44. The summed E-state index contributed by atoms with van der Waals surface area (Å²) in [5, 5.41) is 0.945.